The van der Waals surface area contributed by atoms with Gasteiger partial charge in [0.1, 0.15) is 11.4 Å². The summed E-state index contributed by atoms with van der Waals surface area (Å²) in [5.74, 6) is -0.162. The molecule has 2 rings (SSSR count). The van der Waals surface area contributed by atoms with E-state index in [1.165, 1.54) is 17.4 Å². The second-order valence-corrected chi connectivity index (χ2v) is 7.26. The first kappa shape index (κ1) is 21.2. The molecular weight excluding hydrogens is 409 g/mol. The van der Waals surface area contributed by atoms with Gasteiger partial charge < -0.3 is 15.4 Å². The third kappa shape index (κ3) is 6.86. The minimum Gasteiger partial charge on any atom is -0.484 e. The predicted octanol–water partition coefficient (Wildman–Crippen LogP) is 3.84. The Morgan fingerprint density at radius 3 is 2.74 bits per heavy atom. The number of nitrogens with one attached hydrogen (secondary N) is 2. The molecule has 1 heterocycles. The molecule has 1 aromatic carbocycles. The molecule has 0 radical (unpaired) electrons. The lowest BCUT2D eigenvalue weighted by atomic mass is 10.3. The van der Waals surface area contributed by atoms with Crippen molar-refractivity contribution in [2.45, 2.75) is 19.8 Å². The first-order chi connectivity index (χ1) is 12.9. The van der Waals surface area contributed by atoms with Gasteiger partial charge in [0.15, 0.2) is 6.61 Å². The summed E-state index contributed by atoms with van der Waals surface area (Å²) in [7, 11) is 0. The summed E-state index contributed by atoms with van der Waals surface area (Å²) in [4.78, 5) is 28.1. The molecule has 0 spiro atoms. The van der Waals surface area contributed by atoms with Gasteiger partial charge in [-0.3, -0.25) is 9.59 Å². The number of nitrogens with zero attached hydrogens (tertiary/aromatic N) is 1. The Bertz CT molecular complexity index is 839. The Morgan fingerprint density at radius 2 is 2.07 bits per heavy atom. The maximum absolute atomic E-state index is 12.0. The number of thiazole rings is 1. The SMILES string of the molecule is C=C(CCNC(=O)c1csc(CC)n1)NC(=O)COc1ccc(Cl)c(Cl)c1. The second kappa shape index (κ2) is 10.3. The van der Waals surface area contributed by atoms with E-state index >= 15 is 0 Å². The van der Waals surface area contributed by atoms with Crippen LogP contribution in [0.25, 0.3) is 0 Å². The Balaban J connectivity index is 1.67. The molecule has 144 valence electrons. The molecule has 1 aromatic heterocycles. The van der Waals surface area contributed by atoms with Crippen LogP contribution in [0.1, 0.15) is 28.8 Å². The van der Waals surface area contributed by atoms with Crippen LogP contribution in [-0.4, -0.2) is 29.9 Å². The van der Waals surface area contributed by atoms with Gasteiger partial charge in [-0.25, -0.2) is 4.98 Å². The summed E-state index contributed by atoms with van der Waals surface area (Å²) in [5.41, 5.74) is 0.882. The number of rotatable bonds is 9. The van der Waals surface area contributed by atoms with Gasteiger partial charge in [-0.2, -0.15) is 0 Å². The molecule has 0 bridgehead atoms. The number of aromatic nitrogens is 1. The molecule has 0 unspecified atom stereocenters. The summed E-state index contributed by atoms with van der Waals surface area (Å²) in [6.07, 6.45) is 1.19. The molecule has 0 atom stereocenters. The van der Waals surface area contributed by atoms with Crippen molar-refractivity contribution in [2.75, 3.05) is 13.2 Å². The lowest BCUT2D eigenvalue weighted by molar-refractivity contribution is -0.122. The lowest BCUT2D eigenvalue weighted by Crippen LogP contribution is -2.31. The van der Waals surface area contributed by atoms with Crippen molar-refractivity contribution >= 4 is 46.4 Å². The fourth-order valence-electron chi connectivity index (χ4n) is 2.01. The number of hydrogen-bond acceptors (Lipinski definition) is 5. The van der Waals surface area contributed by atoms with Crippen molar-refractivity contribution in [3.05, 3.63) is 56.6 Å². The Hall–Kier alpha value is -2.09. The third-order valence-electron chi connectivity index (χ3n) is 3.38. The fraction of sp³-hybridized carbons (Fsp3) is 0.278. The molecule has 27 heavy (non-hydrogen) atoms. The Kier molecular flexibility index (Phi) is 8.09. The molecule has 0 saturated carbocycles. The molecule has 0 aliphatic heterocycles. The van der Waals surface area contributed by atoms with Crippen LogP contribution in [0.3, 0.4) is 0 Å². The smallest absolute Gasteiger partial charge is 0.270 e. The Morgan fingerprint density at radius 1 is 1.30 bits per heavy atom. The summed E-state index contributed by atoms with van der Waals surface area (Å²) in [6.45, 7) is 5.90. The highest BCUT2D eigenvalue weighted by Crippen LogP contribution is 2.26. The van der Waals surface area contributed by atoms with Gasteiger partial charge in [-0.15, -0.1) is 11.3 Å². The van der Waals surface area contributed by atoms with Crippen molar-refractivity contribution in [2.24, 2.45) is 0 Å². The van der Waals surface area contributed by atoms with Crippen LogP contribution in [0.4, 0.5) is 0 Å². The number of carbonyl (C=O) groups is 2. The van der Waals surface area contributed by atoms with Crippen LogP contribution in [0, 0.1) is 0 Å². The number of benzene rings is 1. The highest BCUT2D eigenvalue weighted by atomic mass is 35.5. The van der Waals surface area contributed by atoms with Crippen LogP contribution in [-0.2, 0) is 11.2 Å². The maximum atomic E-state index is 12.0. The van der Waals surface area contributed by atoms with Crippen molar-refractivity contribution in [3.63, 3.8) is 0 Å². The molecule has 0 aliphatic carbocycles. The standard InChI is InChI=1S/C18H19Cl2N3O3S/c1-3-17-23-15(10-27-17)18(25)21-7-6-11(2)22-16(24)9-26-12-4-5-13(19)14(20)8-12/h4-5,8,10H,2-3,6-7,9H2,1H3,(H,21,25)(H,22,24). The molecule has 0 saturated heterocycles. The molecule has 0 aliphatic rings. The number of ether oxygens (including phenoxy) is 1. The van der Waals surface area contributed by atoms with Gasteiger partial charge in [0.05, 0.1) is 15.1 Å². The van der Waals surface area contributed by atoms with Crippen LogP contribution in [0.2, 0.25) is 10.0 Å². The van der Waals surface area contributed by atoms with E-state index in [9.17, 15) is 9.59 Å². The van der Waals surface area contributed by atoms with Crippen molar-refractivity contribution in [1.29, 1.82) is 0 Å². The third-order valence-corrected chi connectivity index (χ3v) is 5.11. The molecule has 6 nitrogen and oxygen atoms in total. The van der Waals surface area contributed by atoms with E-state index in [0.717, 1.165) is 11.4 Å². The monoisotopic (exact) mass is 427 g/mol. The van der Waals surface area contributed by atoms with Crippen molar-refractivity contribution < 1.29 is 14.3 Å². The lowest BCUT2D eigenvalue weighted by Gasteiger charge is -2.10. The van der Waals surface area contributed by atoms with Crippen molar-refractivity contribution in [1.82, 2.24) is 15.6 Å². The highest BCUT2D eigenvalue weighted by molar-refractivity contribution is 7.09. The van der Waals surface area contributed by atoms with E-state index < -0.39 is 0 Å². The summed E-state index contributed by atoms with van der Waals surface area (Å²) < 4.78 is 5.34. The average Bonchev–Trinajstić information content (AvgIpc) is 3.12. The van der Waals surface area contributed by atoms with E-state index in [0.29, 0.717) is 40.2 Å². The molecule has 2 amide bonds. The average molecular weight is 428 g/mol. The molecule has 9 heteroatoms. The van der Waals surface area contributed by atoms with Crippen LogP contribution >= 0.6 is 34.5 Å². The van der Waals surface area contributed by atoms with E-state index in [2.05, 4.69) is 22.2 Å². The van der Waals surface area contributed by atoms with Gasteiger partial charge in [-0.1, -0.05) is 36.7 Å². The minimum absolute atomic E-state index is 0.193. The van der Waals surface area contributed by atoms with Crippen LogP contribution in [0.5, 0.6) is 5.75 Å². The zero-order chi connectivity index (χ0) is 19.8. The van der Waals surface area contributed by atoms with Crippen molar-refractivity contribution in [3.8, 4) is 5.75 Å². The topological polar surface area (TPSA) is 80.3 Å². The maximum Gasteiger partial charge on any atom is 0.270 e. The van der Waals surface area contributed by atoms with E-state index in [1.54, 1.807) is 17.5 Å². The van der Waals surface area contributed by atoms with E-state index in [-0.39, 0.29) is 18.4 Å². The quantitative estimate of drug-likeness (QED) is 0.636. The van der Waals surface area contributed by atoms with Gasteiger partial charge in [-0.05, 0) is 18.6 Å². The number of hydrogen-bond donors (Lipinski definition) is 2. The largest absolute Gasteiger partial charge is 0.484 e. The summed E-state index contributed by atoms with van der Waals surface area (Å²) in [6, 6.07) is 4.74. The zero-order valence-electron chi connectivity index (χ0n) is 14.7. The number of carbonyl (C=O) groups excluding carboxylic acids is 2. The van der Waals surface area contributed by atoms with Gasteiger partial charge in [0, 0.05) is 30.1 Å². The van der Waals surface area contributed by atoms with Crippen LogP contribution < -0.4 is 15.4 Å². The first-order valence-corrected chi connectivity index (χ1v) is 9.80. The molecular formula is C18H19Cl2N3O3S. The Labute approximate surface area is 171 Å². The fourth-order valence-corrected chi connectivity index (χ4v) is 3.02. The predicted molar refractivity (Wildman–Crippen MR) is 108 cm³/mol. The van der Waals surface area contributed by atoms with Gasteiger partial charge >= 0.3 is 0 Å². The zero-order valence-corrected chi connectivity index (χ0v) is 17.0. The minimum atomic E-state index is -0.357. The first-order valence-electron chi connectivity index (χ1n) is 8.17. The number of aryl methyl sites for hydroxylation is 1. The van der Waals surface area contributed by atoms with Gasteiger partial charge in [0.25, 0.3) is 11.8 Å². The number of halogens is 2. The molecule has 0 fully saturated rings. The summed E-state index contributed by atoms with van der Waals surface area (Å²) in [5, 5.41) is 8.77. The highest BCUT2D eigenvalue weighted by Gasteiger charge is 2.10. The molecule has 2 N–H and O–H groups in total. The van der Waals surface area contributed by atoms with E-state index in [4.69, 9.17) is 27.9 Å². The second-order valence-electron chi connectivity index (χ2n) is 5.50. The summed E-state index contributed by atoms with van der Waals surface area (Å²) >= 11 is 13.2. The molecule has 2 aromatic rings. The normalized spacial score (nSPS) is 10.3. The van der Waals surface area contributed by atoms with Gasteiger partial charge in [0.2, 0.25) is 0 Å². The number of amides is 2. The van der Waals surface area contributed by atoms with E-state index in [1.807, 2.05) is 6.92 Å². The van der Waals surface area contributed by atoms with Crippen LogP contribution in [0.15, 0.2) is 35.9 Å².